The molecule has 25 heavy (non-hydrogen) atoms. The fourth-order valence-electron chi connectivity index (χ4n) is 2.86. The zero-order valence-electron chi connectivity index (χ0n) is 15.2. The zero-order chi connectivity index (χ0) is 18.1. The molecule has 0 atom stereocenters. The topological polar surface area (TPSA) is 70.7 Å². The first-order valence-corrected chi connectivity index (χ1v) is 9.13. The van der Waals surface area contributed by atoms with Gasteiger partial charge in [-0.3, -0.25) is 14.5 Å². The van der Waals surface area contributed by atoms with Crippen molar-refractivity contribution in [1.82, 2.24) is 10.2 Å². The van der Waals surface area contributed by atoms with Crippen molar-refractivity contribution in [2.75, 3.05) is 44.7 Å². The minimum atomic E-state index is -0.0915. The molecule has 6 nitrogen and oxygen atoms in total. The quantitative estimate of drug-likeness (QED) is 0.756. The summed E-state index contributed by atoms with van der Waals surface area (Å²) in [4.78, 5) is 26.5. The van der Waals surface area contributed by atoms with Crippen molar-refractivity contribution in [2.45, 2.75) is 26.7 Å². The lowest BCUT2D eigenvalue weighted by Gasteiger charge is -2.26. The Labute approximate surface area is 149 Å². The SMILES string of the molecule is CCC(CC)C(=O)Nc1ccc(C(=O)NCCN2CCOCC2)cc1. The Morgan fingerprint density at radius 2 is 1.76 bits per heavy atom. The third-order valence-electron chi connectivity index (χ3n) is 4.59. The average Bonchev–Trinajstić information content (AvgIpc) is 2.64. The highest BCUT2D eigenvalue weighted by Crippen LogP contribution is 2.14. The van der Waals surface area contributed by atoms with Gasteiger partial charge in [-0.2, -0.15) is 0 Å². The van der Waals surface area contributed by atoms with E-state index in [-0.39, 0.29) is 17.7 Å². The molecule has 1 heterocycles. The number of hydrogen-bond donors (Lipinski definition) is 2. The van der Waals surface area contributed by atoms with Gasteiger partial charge in [-0.05, 0) is 37.1 Å². The summed E-state index contributed by atoms with van der Waals surface area (Å²) in [6.45, 7) is 8.83. The van der Waals surface area contributed by atoms with Crippen LogP contribution in [0.4, 0.5) is 5.69 Å². The Balaban J connectivity index is 1.78. The van der Waals surface area contributed by atoms with E-state index in [1.54, 1.807) is 24.3 Å². The smallest absolute Gasteiger partial charge is 0.251 e. The molecule has 0 aliphatic carbocycles. The number of ether oxygens (including phenoxy) is 1. The summed E-state index contributed by atoms with van der Waals surface area (Å²) in [6, 6.07) is 7.04. The van der Waals surface area contributed by atoms with Gasteiger partial charge in [0, 0.05) is 43.3 Å². The largest absolute Gasteiger partial charge is 0.379 e. The van der Waals surface area contributed by atoms with Crippen LogP contribution in [0.5, 0.6) is 0 Å². The summed E-state index contributed by atoms with van der Waals surface area (Å²) in [5.74, 6) is -0.0259. The molecule has 2 N–H and O–H groups in total. The summed E-state index contributed by atoms with van der Waals surface area (Å²) in [7, 11) is 0. The Morgan fingerprint density at radius 3 is 2.36 bits per heavy atom. The molecule has 1 aliphatic heterocycles. The van der Waals surface area contributed by atoms with E-state index in [2.05, 4.69) is 15.5 Å². The zero-order valence-corrected chi connectivity index (χ0v) is 15.2. The summed E-state index contributed by atoms with van der Waals surface area (Å²) in [6.07, 6.45) is 1.65. The van der Waals surface area contributed by atoms with Gasteiger partial charge in [0.15, 0.2) is 0 Å². The minimum absolute atomic E-state index is 0.0307. The third kappa shape index (κ3) is 6.14. The second-order valence-electron chi connectivity index (χ2n) is 6.29. The number of anilines is 1. The number of hydrogen-bond acceptors (Lipinski definition) is 4. The van der Waals surface area contributed by atoms with Crippen molar-refractivity contribution in [1.29, 1.82) is 0 Å². The highest BCUT2D eigenvalue weighted by Gasteiger charge is 2.14. The lowest BCUT2D eigenvalue weighted by atomic mass is 10.0. The van der Waals surface area contributed by atoms with Crippen LogP contribution < -0.4 is 10.6 Å². The van der Waals surface area contributed by atoms with Crippen LogP contribution in [-0.4, -0.2) is 56.1 Å². The van der Waals surface area contributed by atoms with E-state index in [0.29, 0.717) is 12.1 Å². The van der Waals surface area contributed by atoms with Gasteiger partial charge in [0.2, 0.25) is 5.91 Å². The Hall–Kier alpha value is -1.92. The van der Waals surface area contributed by atoms with Gasteiger partial charge in [-0.15, -0.1) is 0 Å². The number of amides is 2. The third-order valence-corrected chi connectivity index (χ3v) is 4.59. The molecule has 0 saturated carbocycles. The van der Waals surface area contributed by atoms with Crippen LogP contribution >= 0.6 is 0 Å². The molecule has 138 valence electrons. The fraction of sp³-hybridized carbons (Fsp3) is 0.579. The highest BCUT2D eigenvalue weighted by atomic mass is 16.5. The molecule has 0 spiro atoms. The molecule has 0 unspecified atom stereocenters. The molecule has 2 amide bonds. The molecule has 1 fully saturated rings. The number of nitrogens with zero attached hydrogens (tertiary/aromatic N) is 1. The molecule has 1 aromatic rings. The first kappa shape index (κ1) is 19.4. The maximum atomic E-state index is 12.2. The van der Waals surface area contributed by atoms with E-state index in [0.717, 1.165) is 51.4 Å². The van der Waals surface area contributed by atoms with Gasteiger partial charge in [0.05, 0.1) is 13.2 Å². The molecule has 1 aliphatic rings. The van der Waals surface area contributed by atoms with E-state index in [4.69, 9.17) is 4.74 Å². The first-order chi connectivity index (χ1) is 12.1. The highest BCUT2D eigenvalue weighted by molar-refractivity contribution is 5.96. The van der Waals surface area contributed by atoms with Gasteiger partial charge in [0.25, 0.3) is 5.91 Å². The van der Waals surface area contributed by atoms with Crippen LogP contribution in [0.2, 0.25) is 0 Å². The molecule has 6 heteroatoms. The number of morpholine rings is 1. The number of rotatable bonds is 8. The monoisotopic (exact) mass is 347 g/mol. The van der Waals surface area contributed by atoms with Gasteiger partial charge < -0.3 is 15.4 Å². The Kier molecular flexibility index (Phi) is 7.88. The van der Waals surface area contributed by atoms with E-state index in [1.165, 1.54) is 0 Å². The van der Waals surface area contributed by atoms with Crippen molar-refractivity contribution >= 4 is 17.5 Å². The number of nitrogens with one attached hydrogen (secondary N) is 2. The predicted molar refractivity (Wildman–Crippen MR) is 98.7 cm³/mol. The van der Waals surface area contributed by atoms with E-state index < -0.39 is 0 Å². The Morgan fingerprint density at radius 1 is 1.12 bits per heavy atom. The van der Waals surface area contributed by atoms with E-state index >= 15 is 0 Å². The predicted octanol–water partition coefficient (Wildman–Crippen LogP) is 2.12. The maximum Gasteiger partial charge on any atom is 0.251 e. The summed E-state index contributed by atoms with van der Waals surface area (Å²) in [5, 5.41) is 5.84. The minimum Gasteiger partial charge on any atom is -0.379 e. The van der Waals surface area contributed by atoms with Crippen LogP contribution in [0.3, 0.4) is 0 Å². The van der Waals surface area contributed by atoms with Crippen LogP contribution in [-0.2, 0) is 9.53 Å². The maximum absolute atomic E-state index is 12.2. The second-order valence-corrected chi connectivity index (χ2v) is 6.29. The molecular formula is C19H29N3O3. The van der Waals surface area contributed by atoms with E-state index in [1.807, 2.05) is 13.8 Å². The fourth-order valence-corrected chi connectivity index (χ4v) is 2.86. The molecule has 2 rings (SSSR count). The average molecular weight is 347 g/mol. The van der Waals surface area contributed by atoms with Crippen LogP contribution in [0.25, 0.3) is 0 Å². The van der Waals surface area contributed by atoms with Gasteiger partial charge in [0.1, 0.15) is 0 Å². The van der Waals surface area contributed by atoms with Crippen molar-refractivity contribution in [3.05, 3.63) is 29.8 Å². The van der Waals surface area contributed by atoms with E-state index in [9.17, 15) is 9.59 Å². The molecule has 0 bridgehead atoms. The standard InChI is InChI=1S/C19H29N3O3/c1-3-15(4-2)19(24)21-17-7-5-16(6-8-17)18(23)20-9-10-22-11-13-25-14-12-22/h5-8,15H,3-4,9-14H2,1-2H3,(H,20,23)(H,21,24). The van der Waals surface area contributed by atoms with Crippen molar-refractivity contribution < 1.29 is 14.3 Å². The van der Waals surface area contributed by atoms with Crippen molar-refractivity contribution in [2.24, 2.45) is 5.92 Å². The van der Waals surface area contributed by atoms with Gasteiger partial charge in [-0.1, -0.05) is 13.8 Å². The second kappa shape index (κ2) is 10.2. The normalized spacial score (nSPS) is 15.2. The van der Waals surface area contributed by atoms with Crippen LogP contribution in [0, 0.1) is 5.92 Å². The van der Waals surface area contributed by atoms with Gasteiger partial charge >= 0.3 is 0 Å². The van der Waals surface area contributed by atoms with Crippen molar-refractivity contribution in [3.8, 4) is 0 Å². The molecule has 1 aromatic carbocycles. The summed E-state index contributed by atoms with van der Waals surface area (Å²) < 4.78 is 5.31. The number of benzene rings is 1. The van der Waals surface area contributed by atoms with Crippen LogP contribution in [0.1, 0.15) is 37.0 Å². The molecular weight excluding hydrogens is 318 g/mol. The lowest BCUT2D eigenvalue weighted by molar-refractivity contribution is -0.120. The summed E-state index contributed by atoms with van der Waals surface area (Å²) in [5.41, 5.74) is 1.32. The Bertz CT molecular complexity index is 550. The van der Waals surface area contributed by atoms with Crippen molar-refractivity contribution in [3.63, 3.8) is 0 Å². The lowest BCUT2D eigenvalue weighted by Crippen LogP contribution is -2.41. The van der Waals surface area contributed by atoms with Gasteiger partial charge in [-0.25, -0.2) is 0 Å². The first-order valence-electron chi connectivity index (χ1n) is 9.13. The molecule has 0 radical (unpaired) electrons. The number of carbonyl (C=O) groups excluding carboxylic acids is 2. The summed E-state index contributed by atoms with van der Waals surface area (Å²) >= 11 is 0. The molecule has 0 aromatic heterocycles. The van der Waals surface area contributed by atoms with Crippen LogP contribution in [0.15, 0.2) is 24.3 Å². The number of carbonyl (C=O) groups is 2. The molecule has 1 saturated heterocycles.